The van der Waals surface area contributed by atoms with Crippen molar-refractivity contribution in [3.8, 4) is 0 Å². The first-order chi connectivity index (χ1) is 7.70. The zero-order valence-corrected chi connectivity index (χ0v) is 11.1. The lowest BCUT2D eigenvalue weighted by Crippen LogP contribution is -2.47. The summed E-state index contributed by atoms with van der Waals surface area (Å²) in [4.78, 5) is 7.30. The first-order valence-electron chi connectivity index (χ1n) is 6.97. The van der Waals surface area contributed by atoms with Gasteiger partial charge >= 0.3 is 0 Å². The first-order valence-corrected chi connectivity index (χ1v) is 6.97. The van der Waals surface area contributed by atoms with Crippen molar-refractivity contribution in [2.24, 2.45) is 10.9 Å². The molecule has 0 saturated heterocycles. The third-order valence-corrected chi connectivity index (χ3v) is 4.63. The maximum atomic E-state index is 4.92. The molecule has 16 heavy (non-hydrogen) atoms. The molecule has 0 aromatic rings. The van der Waals surface area contributed by atoms with E-state index in [9.17, 15) is 0 Å². The van der Waals surface area contributed by atoms with Crippen LogP contribution in [-0.2, 0) is 0 Å². The fourth-order valence-electron chi connectivity index (χ4n) is 3.31. The molecule has 0 N–H and O–H groups in total. The molecule has 3 atom stereocenters. The van der Waals surface area contributed by atoms with Gasteiger partial charge in [0, 0.05) is 19.0 Å². The Hall–Kier alpha value is -0.530. The van der Waals surface area contributed by atoms with Crippen molar-refractivity contribution in [3.05, 3.63) is 0 Å². The molecule has 0 aromatic heterocycles. The minimum Gasteiger partial charge on any atom is -0.361 e. The summed E-state index contributed by atoms with van der Waals surface area (Å²) in [5, 5.41) is 0. The molecule has 1 aliphatic carbocycles. The van der Waals surface area contributed by atoms with E-state index in [0.717, 1.165) is 5.92 Å². The summed E-state index contributed by atoms with van der Waals surface area (Å²) in [6.45, 7) is 4.55. The van der Waals surface area contributed by atoms with Crippen molar-refractivity contribution >= 4 is 5.84 Å². The van der Waals surface area contributed by atoms with Crippen molar-refractivity contribution in [3.63, 3.8) is 0 Å². The molecular weight excluding hydrogens is 196 g/mol. The van der Waals surface area contributed by atoms with Crippen LogP contribution in [-0.4, -0.2) is 29.9 Å². The molecule has 1 fully saturated rings. The lowest BCUT2D eigenvalue weighted by atomic mass is 9.84. The molecule has 0 aromatic carbocycles. The second kappa shape index (κ2) is 5.20. The Morgan fingerprint density at radius 1 is 1.06 bits per heavy atom. The van der Waals surface area contributed by atoms with Gasteiger partial charge in [0.05, 0.1) is 11.9 Å². The van der Waals surface area contributed by atoms with E-state index in [1.54, 1.807) is 0 Å². The lowest BCUT2D eigenvalue weighted by molar-refractivity contribution is 0.199. The van der Waals surface area contributed by atoms with Gasteiger partial charge in [-0.2, -0.15) is 0 Å². The number of rotatable bonds is 0. The summed E-state index contributed by atoms with van der Waals surface area (Å²) in [6.07, 6.45) is 9.78. The van der Waals surface area contributed by atoms with E-state index in [0.29, 0.717) is 12.1 Å². The average molecular weight is 222 g/mol. The van der Waals surface area contributed by atoms with Gasteiger partial charge in [0.1, 0.15) is 0 Å². The van der Waals surface area contributed by atoms with E-state index in [1.165, 1.54) is 50.8 Å². The van der Waals surface area contributed by atoms with Gasteiger partial charge in [0.25, 0.3) is 0 Å². The van der Waals surface area contributed by atoms with Gasteiger partial charge < -0.3 is 4.90 Å². The third kappa shape index (κ3) is 2.41. The van der Waals surface area contributed by atoms with Gasteiger partial charge in [-0.15, -0.1) is 0 Å². The fraction of sp³-hybridized carbons (Fsp3) is 0.929. The minimum atomic E-state index is 0.615. The molecule has 1 saturated carbocycles. The Kier molecular flexibility index (Phi) is 3.88. The quantitative estimate of drug-likeness (QED) is 0.613. The monoisotopic (exact) mass is 222 g/mol. The number of amidine groups is 1. The molecule has 1 heterocycles. The fourth-order valence-corrected chi connectivity index (χ4v) is 3.31. The van der Waals surface area contributed by atoms with Gasteiger partial charge in [0.15, 0.2) is 0 Å². The summed E-state index contributed by atoms with van der Waals surface area (Å²) in [5.74, 6) is 2.04. The van der Waals surface area contributed by atoms with Crippen LogP contribution in [0, 0.1) is 5.92 Å². The molecule has 2 nitrogen and oxygen atoms in total. The maximum Gasteiger partial charge on any atom is 0.0961 e. The third-order valence-electron chi connectivity index (χ3n) is 4.63. The van der Waals surface area contributed by atoms with Gasteiger partial charge in [-0.05, 0) is 26.7 Å². The summed E-state index contributed by atoms with van der Waals surface area (Å²) >= 11 is 0. The highest BCUT2D eigenvalue weighted by atomic mass is 15.2. The Bertz CT molecular complexity index is 259. The summed E-state index contributed by atoms with van der Waals surface area (Å²) in [7, 11) is 2.20. The molecule has 0 radical (unpaired) electrons. The van der Waals surface area contributed by atoms with Crippen LogP contribution in [0.1, 0.15) is 58.8 Å². The number of hydrogen-bond donors (Lipinski definition) is 0. The van der Waals surface area contributed by atoms with E-state index < -0.39 is 0 Å². The largest absolute Gasteiger partial charge is 0.361 e. The minimum absolute atomic E-state index is 0.615. The zero-order chi connectivity index (χ0) is 11.5. The van der Waals surface area contributed by atoms with Crippen LogP contribution in [0.25, 0.3) is 0 Å². The van der Waals surface area contributed by atoms with Gasteiger partial charge in [0.2, 0.25) is 0 Å². The van der Waals surface area contributed by atoms with Crippen molar-refractivity contribution in [2.75, 3.05) is 7.05 Å². The molecule has 2 rings (SSSR count). The predicted molar refractivity (Wildman–Crippen MR) is 69.9 cm³/mol. The molecule has 2 heteroatoms. The lowest BCUT2D eigenvalue weighted by Gasteiger charge is -2.41. The average Bonchev–Trinajstić information content (AvgIpc) is 2.38. The second-order valence-corrected chi connectivity index (χ2v) is 5.60. The Balaban J connectivity index is 2.13. The van der Waals surface area contributed by atoms with Crippen LogP contribution in [0.4, 0.5) is 0 Å². The molecular formula is C14H26N2. The standard InChI is InChI=1S/C14H26N2/c1-11-13-9-7-5-4-6-8-10-14(13)15-12(2)16(11)3/h11,13-14H,4-10H2,1-3H3/t11-,13?,14?/m0/s1. The van der Waals surface area contributed by atoms with Gasteiger partial charge in [-0.25, -0.2) is 0 Å². The Labute approximate surface area is 100 Å². The molecule has 92 valence electrons. The van der Waals surface area contributed by atoms with Crippen LogP contribution >= 0.6 is 0 Å². The van der Waals surface area contributed by atoms with Gasteiger partial charge in [-0.3, -0.25) is 4.99 Å². The zero-order valence-electron chi connectivity index (χ0n) is 11.1. The number of nitrogens with zero attached hydrogens (tertiary/aromatic N) is 2. The maximum absolute atomic E-state index is 4.92. The summed E-state index contributed by atoms with van der Waals surface area (Å²) in [5.41, 5.74) is 0. The molecule has 2 unspecified atom stereocenters. The van der Waals surface area contributed by atoms with Crippen LogP contribution < -0.4 is 0 Å². The number of fused-ring (bicyclic) bond motifs is 1. The van der Waals surface area contributed by atoms with Crippen LogP contribution in [0.15, 0.2) is 4.99 Å². The van der Waals surface area contributed by atoms with E-state index in [4.69, 9.17) is 4.99 Å². The van der Waals surface area contributed by atoms with Crippen molar-refractivity contribution in [1.29, 1.82) is 0 Å². The molecule has 1 aliphatic heterocycles. The van der Waals surface area contributed by atoms with Crippen LogP contribution in [0.2, 0.25) is 0 Å². The summed E-state index contributed by atoms with van der Waals surface area (Å²) < 4.78 is 0. The van der Waals surface area contributed by atoms with Crippen molar-refractivity contribution in [1.82, 2.24) is 4.90 Å². The van der Waals surface area contributed by atoms with Gasteiger partial charge in [-0.1, -0.05) is 32.1 Å². The van der Waals surface area contributed by atoms with E-state index in [2.05, 4.69) is 25.8 Å². The molecule has 0 bridgehead atoms. The number of hydrogen-bond acceptors (Lipinski definition) is 2. The van der Waals surface area contributed by atoms with E-state index in [1.807, 2.05) is 0 Å². The predicted octanol–water partition coefficient (Wildman–Crippen LogP) is 3.47. The molecule has 2 aliphatic rings. The van der Waals surface area contributed by atoms with Crippen molar-refractivity contribution in [2.45, 2.75) is 70.9 Å². The molecule has 0 amide bonds. The Morgan fingerprint density at radius 2 is 1.69 bits per heavy atom. The Morgan fingerprint density at radius 3 is 2.44 bits per heavy atom. The highest BCUT2D eigenvalue weighted by Gasteiger charge is 2.33. The smallest absolute Gasteiger partial charge is 0.0961 e. The summed E-state index contributed by atoms with van der Waals surface area (Å²) in [6, 6.07) is 1.30. The topological polar surface area (TPSA) is 15.6 Å². The van der Waals surface area contributed by atoms with E-state index in [-0.39, 0.29) is 0 Å². The normalized spacial score (nSPS) is 36.8. The SMILES string of the molecule is CC1=NC2CCCCCCCC2[C@H](C)N1C. The second-order valence-electron chi connectivity index (χ2n) is 5.60. The highest BCUT2D eigenvalue weighted by Crippen LogP contribution is 2.32. The van der Waals surface area contributed by atoms with Crippen molar-refractivity contribution < 1.29 is 0 Å². The molecule has 0 spiro atoms. The first kappa shape index (κ1) is 11.9. The number of aliphatic imine (C=N–C) groups is 1. The van der Waals surface area contributed by atoms with E-state index >= 15 is 0 Å². The highest BCUT2D eigenvalue weighted by molar-refractivity contribution is 5.80. The van der Waals surface area contributed by atoms with Crippen LogP contribution in [0.3, 0.4) is 0 Å². The van der Waals surface area contributed by atoms with Crippen LogP contribution in [0.5, 0.6) is 0 Å².